The zero-order valence-electron chi connectivity index (χ0n) is 12.7. The van der Waals surface area contributed by atoms with Crippen molar-refractivity contribution in [3.8, 4) is 0 Å². The van der Waals surface area contributed by atoms with Crippen LogP contribution >= 0.6 is 0 Å². The highest BCUT2D eigenvalue weighted by molar-refractivity contribution is 6.53. The van der Waals surface area contributed by atoms with E-state index in [9.17, 15) is 4.39 Å². The molecule has 1 aromatic heterocycles. The number of hydrogen-bond donors (Lipinski definition) is 0. The highest BCUT2D eigenvalue weighted by Gasteiger charge is 2.50. The Morgan fingerprint density at radius 3 is 2.30 bits per heavy atom. The minimum atomic E-state index is -0.401. The third kappa shape index (κ3) is 2.94. The summed E-state index contributed by atoms with van der Waals surface area (Å²) in [6, 6.07) is 3.09. The van der Waals surface area contributed by atoms with E-state index >= 15 is 0 Å². The molecule has 0 aromatic carbocycles. The molecular formula is C15H21BFNO2. The van der Waals surface area contributed by atoms with Gasteiger partial charge in [0, 0.05) is 0 Å². The maximum atomic E-state index is 12.9. The van der Waals surface area contributed by atoms with Gasteiger partial charge in [0.15, 0.2) is 0 Å². The van der Waals surface area contributed by atoms with Gasteiger partial charge in [-0.1, -0.05) is 6.92 Å². The monoisotopic (exact) mass is 277 g/mol. The standard InChI is InChI=1S/C15H21BFNO2/c1-6-11(13-8-7-12(17)10-18-13)9-16-19-14(2,3)15(4,5)20-16/h7-10H,6H2,1-5H3/b11-9-. The number of rotatable bonds is 3. The zero-order chi connectivity index (χ0) is 15.0. The number of halogens is 1. The summed E-state index contributed by atoms with van der Waals surface area (Å²) < 4.78 is 24.8. The molecule has 0 amide bonds. The van der Waals surface area contributed by atoms with Gasteiger partial charge < -0.3 is 9.31 Å². The maximum Gasteiger partial charge on any atom is 0.487 e. The van der Waals surface area contributed by atoms with Crippen LogP contribution in [0, 0.1) is 5.82 Å². The van der Waals surface area contributed by atoms with Crippen LogP contribution in [0.4, 0.5) is 4.39 Å². The summed E-state index contributed by atoms with van der Waals surface area (Å²) in [5.74, 6) is 1.59. The van der Waals surface area contributed by atoms with Crippen LogP contribution in [-0.2, 0) is 9.31 Å². The summed E-state index contributed by atoms with van der Waals surface area (Å²) >= 11 is 0. The molecule has 5 heteroatoms. The fourth-order valence-corrected chi connectivity index (χ4v) is 2.07. The SMILES string of the molecule is CC/C(=C/B1OC(C)(C)C(C)(C)O1)c1ccc(F)cn1. The van der Waals surface area contributed by atoms with Crippen LogP contribution in [-0.4, -0.2) is 23.3 Å². The first kappa shape index (κ1) is 15.2. The lowest BCUT2D eigenvalue weighted by molar-refractivity contribution is 0.00578. The third-order valence-electron chi connectivity index (χ3n) is 4.05. The van der Waals surface area contributed by atoms with Crippen LogP contribution in [0.3, 0.4) is 0 Å². The highest BCUT2D eigenvalue weighted by atomic mass is 19.1. The molecule has 20 heavy (non-hydrogen) atoms. The van der Waals surface area contributed by atoms with E-state index in [1.165, 1.54) is 12.3 Å². The Bertz CT molecular complexity index is 495. The number of aromatic nitrogens is 1. The van der Waals surface area contributed by atoms with Crippen molar-refractivity contribution >= 4 is 12.7 Å². The van der Waals surface area contributed by atoms with Crippen molar-refractivity contribution in [3.05, 3.63) is 35.8 Å². The number of hydrogen-bond acceptors (Lipinski definition) is 3. The topological polar surface area (TPSA) is 31.4 Å². The van der Waals surface area contributed by atoms with Gasteiger partial charge in [-0.25, -0.2) is 4.39 Å². The van der Waals surface area contributed by atoms with Gasteiger partial charge in [0.25, 0.3) is 0 Å². The first-order valence-electron chi connectivity index (χ1n) is 6.93. The van der Waals surface area contributed by atoms with Gasteiger partial charge in [-0.05, 0) is 57.8 Å². The normalized spacial score (nSPS) is 21.3. The van der Waals surface area contributed by atoms with Crippen molar-refractivity contribution < 1.29 is 13.7 Å². The van der Waals surface area contributed by atoms with Crippen molar-refractivity contribution in [3.63, 3.8) is 0 Å². The third-order valence-corrected chi connectivity index (χ3v) is 4.05. The molecule has 108 valence electrons. The van der Waals surface area contributed by atoms with E-state index in [0.29, 0.717) is 0 Å². The summed E-state index contributed by atoms with van der Waals surface area (Å²) in [6.45, 7) is 10.1. The van der Waals surface area contributed by atoms with E-state index in [0.717, 1.165) is 17.7 Å². The molecule has 0 saturated carbocycles. The van der Waals surface area contributed by atoms with Crippen LogP contribution < -0.4 is 0 Å². The summed E-state index contributed by atoms with van der Waals surface area (Å²) in [7, 11) is -0.401. The Labute approximate surface area is 120 Å². The molecule has 0 N–H and O–H groups in total. The van der Waals surface area contributed by atoms with Crippen LogP contribution in [0.2, 0.25) is 0 Å². The van der Waals surface area contributed by atoms with E-state index in [4.69, 9.17) is 9.31 Å². The van der Waals surface area contributed by atoms with Gasteiger partial charge >= 0.3 is 7.12 Å². The average molecular weight is 277 g/mol. The molecule has 3 nitrogen and oxygen atoms in total. The summed E-state index contributed by atoms with van der Waals surface area (Å²) in [5, 5.41) is 0. The summed E-state index contributed by atoms with van der Waals surface area (Å²) in [6.07, 6.45) is 2.01. The minimum absolute atomic E-state index is 0.333. The van der Waals surface area contributed by atoms with Gasteiger partial charge in [-0.3, -0.25) is 4.98 Å². The second-order valence-electron chi connectivity index (χ2n) is 6.03. The molecule has 1 saturated heterocycles. The second-order valence-corrected chi connectivity index (χ2v) is 6.03. The largest absolute Gasteiger partial charge is 0.487 e. The Morgan fingerprint density at radius 1 is 1.25 bits per heavy atom. The molecule has 0 unspecified atom stereocenters. The average Bonchev–Trinajstić information content (AvgIpc) is 2.56. The van der Waals surface area contributed by atoms with Crippen molar-refractivity contribution in [2.75, 3.05) is 0 Å². The Morgan fingerprint density at radius 2 is 1.85 bits per heavy atom. The highest BCUT2D eigenvalue weighted by Crippen LogP contribution is 2.37. The van der Waals surface area contributed by atoms with E-state index in [1.54, 1.807) is 6.07 Å². The molecule has 0 atom stereocenters. The summed E-state index contributed by atoms with van der Waals surface area (Å²) in [4.78, 5) is 4.11. The molecule has 1 fully saturated rings. The Balaban J connectivity index is 2.23. The van der Waals surface area contributed by atoms with E-state index in [1.807, 2.05) is 40.6 Å². The van der Waals surface area contributed by atoms with Crippen LogP contribution in [0.5, 0.6) is 0 Å². The lowest BCUT2D eigenvalue weighted by Crippen LogP contribution is -2.41. The van der Waals surface area contributed by atoms with E-state index < -0.39 is 7.12 Å². The molecule has 0 radical (unpaired) electrons. The van der Waals surface area contributed by atoms with E-state index in [2.05, 4.69) is 4.98 Å². The number of allylic oxidation sites excluding steroid dienone is 1. The fraction of sp³-hybridized carbons (Fsp3) is 0.533. The van der Waals surface area contributed by atoms with Gasteiger partial charge in [0.05, 0.1) is 23.1 Å². The molecule has 2 rings (SSSR count). The quantitative estimate of drug-likeness (QED) is 0.790. The predicted octanol–water partition coefficient (Wildman–Crippen LogP) is 3.65. The fourth-order valence-electron chi connectivity index (χ4n) is 2.07. The van der Waals surface area contributed by atoms with Gasteiger partial charge in [0.1, 0.15) is 5.82 Å². The molecule has 2 heterocycles. The summed E-state index contributed by atoms with van der Waals surface area (Å²) in [5.41, 5.74) is 1.03. The minimum Gasteiger partial charge on any atom is -0.400 e. The number of nitrogens with zero attached hydrogens (tertiary/aromatic N) is 1. The van der Waals surface area contributed by atoms with Gasteiger partial charge in [0.2, 0.25) is 0 Å². The second kappa shape index (κ2) is 5.30. The van der Waals surface area contributed by atoms with Gasteiger partial charge in [-0.15, -0.1) is 0 Å². The zero-order valence-corrected chi connectivity index (χ0v) is 12.7. The van der Waals surface area contributed by atoms with Crippen molar-refractivity contribution in [1.82, 2.24) is 4.98 Å². The molecule has 1 aliphatic rings. The smallest absolute Gasteiger partial charge is 0.400 e. The first-order chi connectivity index (χ1) is 9.25. The number of pyridine rings is 1. The van der Waals surface area contributed by atoms with E-state index in [-0.39, 0.29) is 17.0 Å². The Kier molecular flexibility index (Phi) is 4.03. The van der Waals surface area contributed by atoms with Crippen molar-refractivity contribution in [2.45, 2.75) is 52.2 Å². The van der Waals surface area contributed by atoms with Gasteiger partial charge in [-0.2, -0.15) is 0 Å². The molecule has 0 spiro atoms. The first-order valence-corrected chi connectivity index (χ1v) is 6.93. The molecule has 1 aromatic rings. The lowest BCUT2D eigenvalue weighted by Gasteiger charge is -2.32. The molecule has 1 aliphatic heterocycles. The van der Waals surface area contributed by atoms with Crippen LogP contribution in [0.25, 0.3) is 5.57 Å². The van der Waals surface area contributed by atoms with Crippen LogP contribution in [0.1, 0.15) is 46.7 Å². The predicted molar refractivity (Wildman–Crippen MR) is 78.5 cm³/mol. The lowest BCUT2D eigenvalue weighted by atomic mass is 9.85. The maximum absolute atomic E-state index is 12.9. The Hall–Kier alpha value is -1.20. The van der Waals surface area contributed by atoms with Crippen molar-refractivity contribution in [1.29, 1.82) is 0 Å². The van der Waals surface area contributed by atoms with Crippen LogP contribution in [0.15, 0.2) is 24.3 Å². The molecule has 0 bridgehead atoms. The molecule has 0 aliphatic carbocycles. The molecular weight excluding hydrogens is 256 g/mol. The van der Waals surface area contributed by atoms with Crippen molar-refractivity contribution in [2.24, 2.45) is 0 Å².